The number of hydrogen-bond acceptors (Lipinski definition) is 3. The smallest absolute Gasteiger partial charge is 0.265 e. The normalized spacial score (nSPS) is 10.4. The molecule has 1 N–H and O–H groups in total. The molecule has 14 heavy (non-hydrogen) atoms. The van der Waals surface area contributed by atoms with E-state index in [2.05, 4.69) is 0 Å². The van der Waals surface area contributed by atoms with E-state index in [0.717, 1.165) is 5.69 Å². The van der Waals surface area contributed by atoms with E-state index in [4.69, 9.17) is 5.11 Å². The third-order valence-electron chi connectivity index (χ3n) is 1.84. The molecule has 0 aliphatic carbocycles. The summed E-state index contributed by atoms with van der Waals surface area (Å²) in [5, 5.41) is 8.88. The van der Waals surface area contributed by atoms with Crippen LogP contribution in [0.2, 0.25) is 0 Å². The molecule has 0 spiro atoms. The van der Waals surface area contributed by atoms with Gasteiger partial charge in [-0.2, -0.15) is 0 Å². The minimum absolute atomic E-state index is 0.0836. The van der Waals surface area contributed by atoms with Crippen LogP contribution in [0.5, 0.6) is 0 Å². The average molecular weight is 207 g/mol. The molecule has 0 fully saturated rings. The number of nitrogens with zero attached hydrogens (tertiary/aromatic N) is 1. The van der Waals surface area contributed by atoms with Crippen LogP contribution in [0.1, 0.15) is 4.88 Å². The number of aliphatic hydroxyl groups is 1. The summed E-state index contributed by atoms with van der Waals surface area (Å²) in [7, 11) is 0. The first kappa shape index (κ1) is 9.18. The van der Waals surface area contributed by atoms with Crippen LogP contribution >= 0.6 is 11.5 Å². The summed E-state index contributed by atoms with van der Waals surface area (Å²) < 4.78 is 1.56. The van der Waals surface area contributed by atoms with Gasteiger partial charge in [0.25, 0.3) is 5.56 Å². The molecule has 0 aliphatic heterocycles. The van der Waals surface area contributed by atoms with Gasteiger partial charge in [0.2, 0.25) is 0 Å². The highest BCUT2D eigenvalue weighted by Crippen LogP contribution is 2.12. The van der Waals surface area contributed by atoms with Crippen LogP contribution in [0.25, 0.3) is 5.69 Å². The molecule has 72 valence electrons. The van der Waals surface area contributed by atoms with Crippen molar-refractivity contribution in [1.82, 2.24) is 3.96 Å². The molecular weight excluding hydrogens is 198 g/mol. The second-order valence-electron chi connectivity index (χ2n) is 2.83. The monoisotopic (exact) mass is 207 g/mol. The van der Waals surface area contributed by atoms with E-state index in [0.29, 0.717) is 4.88 Å². The quantitative estimate of drug-likeness (QED) is 0.808. The Morgan fingerprint density at radius 3 is 2.57 bits per heavy atom. The zero-order chi connectivity index (χ0) is 9.97. The molecule has 2 rings (SSSR count). The Morgan fingerprint density at radius 1 is 1.29 bits per heavy atom. The van der Waals surface area contributed by atoms with Gasteiger partial charge in [-0.1, -0.05) is 29.7 Å². The molecule has 1 aromatic carbocycles. The first-order chi connectivity index (χ1) is 6.81. The average Bonchev–Trinajstić information content (AvgIpc) is 2.61. The Hall–Kier alpha value is -1.39. The lowest BCUT2D eigenvalue weighted by atomic mass is 10.3. The van der Waals surface area contributed by atoms with Crippen LogP contribution in [0.15, 0.2) is 41.2 Å². The van der Waals surface area contributed by atoms with Crippen molar-refractivity contribution in [1.29, 1.82) is 0 Å². The van der Waals surface area contributed by atoms with E-state index in [9.17, 15) is 4.79 Å². The van der Waals surface area contributed by atoms with Crippen LogP contribution in [-0.4, -0.2) is 9.06 Å². The van der Waals surface area contributed by atoms with Crippen LogP contribution < -0.4 is 5.56 Å². The van der Waals surface area contributed by atoms with Crippen LogP contribution in [0, 0.1) is 0 Å². The Labute approximate surface area is 85.0 Å². The Kier molecular flexibility index (Phi) is 2.47. The fourth-order valence-electron chi connectivity index (χ4n) is 1.20. The summed E-state index contributed by atoms with van der Waals surface area (Å²) in [5.74, 6) is 0. The Balaban J connectivity index is 2.52. The maximum atomic E-state index is 11.5. The van der Waals surface area contributed by atoms with Crippen molar-refractivity contribution < 1.29 is 5.11 Å². The van der Waals surface area contributed by atoms with Gasteiger partial charge in [-0.05, 0) is 12.1 Å². The first-order valence-corrected chi connectivity index (χ1v) is 4.97. The number of para-hydroxylation sites is 1. The second-order valence-corrected chi connectivity index (χ2v) is 3.90. The fourth-order valence-corrected chi connectivity index (χ4v) is 2.02. The SMILES string of the molecule is O=c1cc(CO)sn1-c1ccccc1. The maximum Gasteiger partial charge on any atom is 0.265 e. The van der Waals surface area contributed by atoms with Crippen molar-refractivity contribution in [3.8, 4) is 5.69 Å². The third kappa shape index (κ3) is 1.62. The Bertz CT molecular complexity index is 472. The van der Waals surface area contributed by atoms with Gasteiger partial charge in [0.15, 0.2) is 0 Å². The number of aromatic nitrogens is 1. The predicted octanol–water partition coefficient (Wildman–Crippen LogP) is 1.39. The van der Waals surface area contributed by atoms with Crippen molar-refractivity contribution >= 4 is 11.5 Å². The number of rotatable bonds is 2. The van der Waals surface area contributed by atoms with Gasteiger partial charge >= 0.3 is 0 Å². The van der Waals surface area contributed by atoms with Gasteiger partial charge in [-0.3, -0.25) is 4.79 Å². The van der Waals surface area contributed by atoms with Crippen molar-refractivity contribution in [3.63, 3.8) is 0 Å². The molecule has 0 unspecified atom stereocenters. The zero-order valence-corrected chi connectivity index (χ0v) is 8.20. The van der Waals surface area contributed by atoms with Crippen molar-refractivity contribution in [2.45, 2.75) is 6.61 Å². The molecule has 0 saturated carbocycles. The van der Waals surface area contributed by atoms with Gasteiger partial charge < -0.3 is 5.11 Å². The number of hydrogen-bond donors (Lipinski definition) is 1. The van der Waals surface area contributed by atoms with E-state index >= 15 is 0 Å². The minimum Gasteiger partial charge on any atom is -0.391 e. The van der Waals surface area contributed by atoms with E-state index in [1.807, 2.05) is 30.3 Å². The molecular formula is C10H9NO2S. The highest BCUT2D eigenvalue weighted by Gasteiger charge is 2.04. The molecule has 0 amide bonds. The fraction of sp³-hybridized carbons (Fsp3) is 0.100. The number of aliphatic hydroxyl groups excluding tert-OH is 1. The summed E-state index contributed by atoms with van der Waals surface area (Å²) >= 11 is 1.27. The maximum absolute atomic E-state index is 11.5. The van der Waals surface area contributed by atoms with Crippen LogP contribution in [0.3, 0.4) is 0 Å². The summed E-state index contributed by atoms with van der Waals surface area (Å²) in [5.41, 5.74) is 0.743. The lowest BCUT2D eigenvalue weighted by Gasteiger charge is -1.97. The highest BCUT2D eigenvalue weighted by atomic mass is 32.1. The van der Waals surface area contributed by atoms with Gasteiger partial charge in [0.1, 0.15) is 0 Å². The number of benzene rings is 1. The second kappa shape index (κ2) is 3.77. The molecule has 3 nitrogen and oxygen atoms in total. The van der Waals surface area contributed by atoms with Gasteiger partial charge in [-0.15, -0.1) is 0 Å². The minimum atomic E-state index is -0.0924. The molecule has 2 aromatic rings. The lowest BCUT2D eigenvalue weighted by Crippen LogP contribution is -2.08. The summed E-state index contributed by atoms with van der Waals surface area (Å²) in [6.45, 7) is -0.0836. The molecule has 1 aromatic heterocycles. The molecule has 1 heterocycles. The molecule has 0 saturated heterocycles. The van der Waals surface area contributed by atoms with E-state index in [1.54, 1.807) is 3.96 Å². The molecule has 0 atom stereocenters. The van der Waals surface area contributed by atoms with Crippen molar-refractivity contribution in [2.24, 2.45) is 0 Å². The van der Waals surface area contributed by atoms with Crippen molar-refractivity contribution in [3.05, 3.63) is 51.6 Å². The lowest BCUT2D eigenvalue weighted by molar-refractivity contribution is 0.285. The van der Waals surface area contributed by atoms with Crippen LogP contribution in [-0.2, 0) is 6.61 Å². The van der Waals surface area contributed by atoms with Gasteiger partial charge in [0, 0.05) is 6.07 Å². The van der Waals surface area contributed by atoms with E-state index < -0.39 is 0 Å². The third-order valence-corrected chi connectivity index (χ3v) is 2.89. The van der Waals surface area contributed by atoms with E-state index in [1.165, 1.54) is 17.6 Å². The summed E-state index contributed by atoms with van der Waals surface area (Å²) in [6, 6.07) is 10.8. The van der Waals surface area contributed by atoms with E-state index in [-0.39, 0.29) is 12.2 Å². The van der Waals surface area contributed by atoms with Crippen LogP contribution in [0.4, 0.5) is 0 Å². The predicted molar refractivity (Wildman–Crippen MR) is 55.8 cm³/mol. The van der Waals surface area contributed by atoms with Gasteiger partial charge in [-0.25, -0.2) is 3.96 Å². The molecule has 0 bridgehead atoms. The topological polar surface area (TPSA) is 42.2 Å². The first-order valence-electron chi connectivity index (χ1n) is 4.20. The molecule has 0 aliphatic rings. The standard InChI is InChI=1S/C10H9NO2S/c12-7-9-6-10(13)11(14-9)8-4-2-1-3-5-8/h1-6,12H,7H2. The van der Waals surface area contributed by atoms with Gasteiger partial charge in [0.05, 0.1) is 17.2 Å². The zero-order valence-electron chi connectivity index (χ0n) is 7.38. The summed E-state index contributed by atoms with van der Waals surface area (Å²) in [4.78, 5) is 12.1. The Morgan fingerprint density at radius 2 is 2.00 bits per heavy atom. The largest absolute Gasteiger partial charge is 0.391 e. The molecule has 4 heteroatoms. The highest BCUT2D eigenvalue weighted by molar-refractivity contribution is 7.06. The van der Waals surface area contributed by atoms with Crippen molar-refractivity contribution in [2.75, 3.05) is 0 Å². The summed E-state index contributed by atoms with van der Waals surface area (Å²) in [6.07, 6.45) is 0. The molecule has 0 radical (unpaired) electrons.